The lowest BCUT2D eigenvalue weighted by atomic mass is 10.1. The number of unbranched alkanes of at least 4 members (excludes halogenated alkanes) is 6. The Labute approximate surface area is 99.1 Å². The van der Waals surface area contributed by atoms with Gasteiger partial charge in [-0.05, 0) is 12.8 Å². The van der Waals surface area contributed by atoms with Crippen LogP contribution in [0, 0.1) is 0 Å². The Bertz CT molecular complexity index is 221. The summed E-state index contributed by atoms with van der Waals surface area (Å²) in [5.41, 5.74) is 0. The van der Waals surface area contributed by atoms with Crippen LogP contribution < -0.4 is 0 Å². The van der Waals surface area contributed by atoms with Crippen molar-refractivity contribution >= 4 is 5.78 Å². The highest BCUT2D eigenvalue weighted by Gasteiger charge is 2.21. The zero-order valence-electron chi connectivity index (χ0n) is 10.4. The summed E-state index contributed by atoms with van der Waals surface area (Å²) in [6, 6.07) is 0. The van der Waals surface area contributed by atoms with Gasteiger partial charge in [0.2, 0.25) is 0 Å². The Balaban J connectivity index is 1.94. The van der Waals surface area contributed by atoms with Crippen LogP contribution in [0.1, 0.15) is 58.3 Å². The van der Waals surface area contributed by atoms with Crippen molar-refractivity contribution < 1.29 is 9.53 Å². The summed E-state index contributed by atoms with van der Waals surface area (Å²) in [4.78, 5) is 11.2. The quantitative estimate of drug-likeness (QED) is 0.464. The van der Waals surface area contributed by atoms with Crippen LogP contribution in [0.5, 0.6) is 0 Å². The molecule has 0 aromatic rings. The summed E-state index contributed by atoms with van der Waals surface area (Å²) in [5.74, 6) is 0.235. The van der Waals surface area contributed by atoms with Crippen LogP contribution in [-0.2, 0) is 9.53 Å². The number of ether oxygens (including phenoxy) is 1. The zero-order valence-corrected chi connectivity index (χ0v) is 10.4. The van der Waals surface area contributed by atoms with Crippen LogP contribution in [0.3, 0.4) is 0 Å². The summed E-state index contributed by atoms with van der Waals surface area (Å²) < 4.78 is 5.29. The van der Waals surface area contributed by atoms with Crippen LogP contribution in [-0.4, -0.2) is 18.5 Å². The topological polar surface area (TPSA) is 26.3 Å². The van der Waals surface area contributed by atoms with Gasteiger partial charge >= 0.3 is 0 Å². The van der Waals surface area contributed by atoms with Crippen LogP contribution in [0.15, 0.2) is 12.2 Å². The molecular weight excluding hydrogens is 200 g/mol. The van der Waals surface area contributed by atoms with Crippen LogP contribution in [0.2, 0.25) is 0 Å². The van der Waals surface area contributed by atoms with Crippen LogP contribution in [0.25, 0.3) is 0 Å². The Morgan fingerprint density at radius 3 is 2.69 bits per heavy atom. The number of carbonyl (C=O) groups excluding carboxylic acids is 1. The highest BCUT2D eigenvalue weighted by atomic mass is 16.5. The fraction of sp³-hybridized carbons (Fsp3) is 0.786. The van der Waals surface area contributed by atoms with Crippen LogP contribution >= 0.6 is 0 Å². The maximum absolute atomic E-state index is 11.2. The number of hydrogen-bond acceptors (Lipinski definition) is 2. The molecule has 1 aliphatic rings. The molecular formula is C14H24O2. The molecule has 1 rings (SSSR count). The van der Waals surface area contributed by atoms with E-state index >= 15 is 0 Å². The molecule has 2 heteroatoms. The molecule has 0 aliphatic carbocycles. The fourth-order valence-electron chi connectivity index (χ4n) is 1.95. The van der Waals surface area contributed by atoms with Crippen molar-refractivity contribution in [2.45, 2.75) is 64.4 Å². The SMILES string of the molecule is CCCCCCCC/C=C\[C@H]1OCCC1=O. The van der Waals surface area contributed by atoms with Gasteiger partial charge in [-0.1, -0.05) is 51.2 Å². The van der Waals surface area contributed by atoms with Gasteiger partial charge in [0.1, 0.15) is 6.10 Å². The first-order valence-electron chi connectivity index (χ1n) is 6.65. The molecule has 0 unspecified atom stereocenters. The van der Waals surface area contributed by atoms with Crippen LogP contribution in [0.4, 0.5) is 0 Å². The smallest absolute Gasteiger partial charge is 0.167 e. The molecule has 1 saturated heterocycles. The minimum absolute atomic E-state index is 0.235. The Morgan fingerprint density at radius 2 is 2.00 bits per heavy atom. The van der Waals surface area contributed by atoms with Gasteiger partial charge in [0, 0.05) is 6.42 Å². The molecule has 0 aromatic carbocycles. The number of hydrogen-bond donors (Lipinski definition) is 0. The van der Waals surface area contributed by atoms with Crippen molar-refractivity contribution in [3.8, 4) is 0 Å². The van der Waals surface area contributed by atoms with E-state index < -0.39 is 0 Å². The highest BCUT2D eigenvalue weighted by Crippen LogP contribution is 2.11. The van der Waals surface area contributed by atoms with Crippen molar-refractivity contribution in [1.82, 2.24) is 0 Å². The van der Waals surface area contributed by atoms with Gasteiger partial charge in [-0.3, -0.25) is 4.79 Å². The highest BCUT2D eigenvalue weighted by molar-refractivity contribution is 5.86. The second-order valence-corrected chi connectivity index (χ2v) is 4.49. The number of rotatable bonds is 8. The van der Waals surface area contributed by atoms with E-state index in [4.69, 9.17) is 4.74 Å². The van der Waals surface area contributed by atoms with Crippen molar-refractivity contribution in [2.24, 2.45) is 0 Å². The lowest BCUT2D eigenvalue weighted by Gasteiger charge is -2.00. The standard InChI is InChI=1S/C14H24O2/c1-2-3-4-5-6-7-8-9-10-14-13(15)11-12-16-14/h9-10,14H,2-8,11-12H2,1H3/b10-9-/t14-/m1/s1. The third-order valence-electron chi connectivity index (χ3n) is 3.00. The first kappa shape index (κ1) is 13.4. The number of ketones is 1. The molecule has 0 N–H and O–H groups in total. The lowest BCUT2D eigenvalue weighted by Crippen LogP contribution is -2.10. The van der Waals surface area contributed by atoms with E-state index in [1.807, 2.05) is 6.08 Å². The summed E-state index contributed by atoms with van der Waals surface area (Å²) in [7, 11) is 0. The van der Waals surface area contributed by atoms with E-state index in [9.17, 15) is 4.79 Å². The average Bonchev–Trinajstić information content (AvgIpc) is 2.68. The van der Waals surface area contributed by atoms with Crippen molar-refractivity contribution in [3.05, 3.63) is 12.2 Å². The van der Waals surface area contributed by atoms with Gasteiger partial charge in [0.15, 0.2) is 5.78 Å². The van der Waals surface area contributed by atoms with Gasteiger partial charge in [-0.2, -0.15) is 0 Å². The first-order valence-corrected chi connectivity index (χ1v) is 6.65. The lowest BCUT2D eigenvalue weighted by molar-refractivity contribution is -0.120. The summed E-state index contributed by atoms with van der Waals surface area (Å²) in [5, 5.41) is 0. The maximum Gasteiger partial charge on any atom is 0.167 e. The summed E-state index contributed by atoms with van der Waals surface area (Å²) in [6.07, 6.45) is 13.4. The Kier molecular flexibility index (Phi) is 7.15. The second kappa shape index (κ2) is 8.51. The van der Waals surface area contributed by atoms with E-state index in [1.54, 1.807) is 0 Å². The molecule has 0 spiro atoms. The molecule has 1 atom stereocenters. The zero-order chi connectivity index (χ0) is 11.6. The predicted molar refractivity (Wildman–Crippen MR) is 66.5 cm³/mol. The van der Waals surface area contributed by atoms with Crippen molar-refractivity contribution in [1.29, 1.82) is 0 Å². The van der Waals surface area contributed by atoms with Gasteiger partial charge in [0.25, 0.3) is 0 Å². The third-order valence-corrected chi connectivity index (χ3v) is 3.00. The number of Topliss-reactive ketones (excluding diaryl/α,β-unsaturated/α-hetero) is 1. The van der Waals surface area contributed by atoms with E-state index in [0.717, 1.165) is 6.42 Å². The molecule has 0 amide bonds. The van der Waals surface area contributed by atoms with Gasteiger partial charge in [0.05, 0.1) is 6.61 Å². The first-order chi connectivity index (χ1) is 7.84. The summed E-state index contributed by atoms with van der Waals surface area (Å²) in [6.45, 7) is 2.84. The summed E-state index contributed by atoms with van der Waals surface area (Å²) >= 11 is 0. The van der Waals surface area contributed by atoms with Gasteiger partial charge in [-0.15, -0.1) is 0 Å². The van der Waals surface area contributed by atoms with Gasteiger partial charge < -0.3 is 4.74 Å². The third kappa shape index (κ3) is 5.45. The molecule has 2 nitrogen and oxygen atoms in total. The molecule has 0 saturated carbocycles. The maximum atomic E-state index is 11.2. The molecule has 16 heavy (non-hydrogen) atoms. The largest absolute Gasteiger partial charge is 0.366 e. The minimum atomic E-state index is -0.236. The number of allylic oxidation sites excluding steroid dienone is 1. The Morgan fingerprint density at radius 1 is 1.25 bits per heavy atom. The Hall–Kier alpha value is -0.630. The normalized spacial score (nSPS) is 21.1. The molecule has 1 fully saturated rings. The molecule has 1 heterocycles. The number of carbonyl (C=O) groups is 1. The van der Waals surface area contributed by atoms with E-state index in [-0.39, 0.29) is 11.9 Å². The fourth-order valence-corrected chi connectivity index (χ4v) is 1.95. The average molecular weight is 224 g/mol. The molecule has 0 aromatic heterocycles. The molecule has 0 bridgehead atoms. The van der Waals surface area contributed by atoms with Crippen molar-refractivity contribution in [3.63, 3.8) is 0 Å². The second-order valence-electron chi connectivity index (χ2n) is 4.49. The van der Waals surface area contributed by atoms with E-state index in [0.29, 0.717) is 13.0 Å². The molecule has 92 valence electrons. The predicted octanol–water partition coefficient (Wildman–Crippen LogP) is 3.65. The van der Waals surface area contributed by atoms with E-state index in [2.05, 4.69) is 13.0 Å². The van der Waals surface area contributed by atoms with E-state index in [1.165, 1.54) is 38.5 Å². The minimum Gasteiger partial charge on any atom is -0.366 e. The van der Waals surface area contributed by atoms with Crippen molar-refractivity contribution in [2.75, 3.05) is 6.61 Å². The molecule has 0 radical (unpaired) electrons. The van der Waals surface area contributed by atoms with Gasteiger partial charge in [-0.25, -0.2) is 0 Å². The molecule has 1 aliphatic heterocycles. The monoisotopic (exact) mass is 224 g/mol.